The maximum atomic E-state index is 14.1. The van der Waals surface area contributed by atoms with Gasteiger partial charge in [-0.25, -0.2) is 0 Å². The van der Waals surface area contributed by atoms with Crippen molar-refractivity contribution < 1.29 is 22.7 Å². The number of alkyl halides is 3. The molecule has 0 spiro atoms. The molecule has 0 aromatic heterocycles. The smallest absolute Gasteiger partial charge is 0.356 e. The minimum atomic E-state index is -4.95. The summed E-state index contributed by atoms with van der Waals surface area (Å²) in [5, 5.41) is 2.54. The van der Waals surface area contributed by atoms with Crippen molar-refractivity contribution in [3.63, 3.8) is 0 Å². The summed E-state index contributed by atoms with van der Waals surface area (Å²) in [5.41, 5.74) is -1.46. The summed E-state index contributed by atoms with van der Waals surface area (Å²) in [6.07, 6.45) is 0.627. The summed E-state index contributed by atoms with van der Waals surface area (Å²) in [6, 6.07) is 15.5. The molecule has 2 rings (SSSR count). The lowest BCUT2D eigenvalue weighted by Gasteiger charge is -2.34. The Morgan fingerprint density at radius 3 is 2.10 bits per heavy atom. The molecule has 2 atom stereocenters. The number of rotatable bonds is 8. The summed E-state index contributed by atoms with van der Waals surface area (Å²) in [5.74, 6) is -1.26. The van der Waals surface area contributed by atoms with Gasteiger partial charge in [0.1, 0.15) is 0 Å². The van der Waals surface area contributed by atoms with E-state index in [-0.39, 0.29) is 5.56 Å². The van der Waals surface area contributed by atoms with Crippen LogP contribution in [0.1, 0.15) is 25.0 Å². The molecular weight excluding hydrogens is 391 g/mol. The van der Waals surface area contributed by atoms with Crippen LogP contribution in [0.2, 0.25) is 0 Å². The lowest BCUT2D eigenvalue weighted by atomic mass is 9.91. The molecule has 2 unspecified atom stereocenters. The second-order valence-electron chi connectivity index (χ2n) is 7.15. The van der Waals surface area contributed by atoms with Crippen molar-refractivity contribution >= 4 is 5.91 Å². The highest BCUT2D eigenvalue weighted by molar-refractivity contribution is 5.88. The van der Waals surface area contributed by atoms with Crippen molar-refractivity contribution in [3.05, 3.63) is 95.6 Å². The number of nitrogens with one attached hydrogen (secondary N) is 1. The van der Waals surface area contributed by atoms with E-state index in [0.29, 0.717) is 6.42 Å². The monoisotopic (exact) mass is 417 g/mol. The van der Waals surface area contributed by atoms with Gasteiger partial charge in [0, 0.05) is 12.7 Å². The van der Waals surface area contributed by atoms with Crippen LogP contribution in [0.25, 0.3) is 0 Å². The molecule has 0 saturated heterocycles. The average Bonchev–Trinajstić information content (AvgIpc) is 2.69. The Bertz CT molecular complexity index is 872. The van der Waals surface area contributed by atoms with Gasteiger partial charge in [0.05, 0.1) is 6.04 Å². The zero-order valence-electron chi connectivity index (χ0n) is 17.2. The van der Waals surface area contributed by atoms with Gasteiger partial charge in [-0.2, -0.15) is 13.2 Å². The molecule has 1 N–H and O–H groups in total. The molecule has 0 aliphatic heterocycles. The fourth-order valence-corrected chi connectivity index (χ4v) is 3.11. The van der Waals surface area contributed by atoms with Gasteiger partial charge in [0.2, 0.25) is 0 Å². The van der Waals surface area contributed by atoms with Gasteiger partial charge < -0.3 is 10.1 Å². The van der Waals surface area contributed by atoms with Crippen molar-refractivity contribution in [2.75, 3.05) is 7.11 Å². The fraction of sp³-hybridized carbons (Fsp3) is 0.292. The van der Waals surface area contributed by atoms with E-state index < -0.39 is 23.7 Å². The molecule has 0 heterocycles. The van der Waals surface area contributed by atoms with E-state index >= 15 is 0 Å². The number of amides is 1. The number of halogens is 3. The number of ether oxygens (including phenoxy) is 1. The quantitative estimate of drug-likeness (QED) is 0.589. The number of allylic oxidation sites excluding steroid dienone is 3. The Morgan fingerprint density at radius 2 is 1.60 bits per heavy atom. The van der Waals surface area contributed by atoms with Crippen LogP contribution in [0.3, 0.4) is 0 Å². The lowest BCUT2D eigenvalue weighted by Crippen LogP contribution is -2.57. The summed E-state index contributed by atoms with van der Waals surface area (Å²) in [6.45, 7) is 3.81. The molecule has 1 amide bonds. The minimum Gasteiger partial charge on any atom is -0.356 e. The van der Waals surface area contributed by atoms with Crippen LogP contribution >= 0.6 is 0 Å². The molecule has 0 fully saturated rings. The van der Waals surface area contributed by atoms with E-state index in [0.717, 1.165) is 18.2 Å². The number of carbonyl (C=O) groups excluding carboxylic acids is 1. The first-order valence-electron chi connectivity index (χ1n) is 9.54. The summed E-state index contributed by atoms with van der Waals surface area (Å²) < 4.78 is 47.3. The Labute approximate surface area is 175 Å². The molecule has 2 aromatic carbocycles. The van der Waals surface area contributed by atoms with Crippen LogP contribution in [-0.2, 0) is 21.6 Å². The van der Waals surface area contributed by atoms with E-state index in [4.69, 9.17) is 4.74 Å². The van der Waals surface area contributed by atoms with Crippen LogP contribution < -0.4 is 5.32 Å². The van der Waals surface area contributed by atoms with Gasteiger partial charge in [0.15, 0.2) is 0 Å². The number of methoxy groups -OCH3 is 1. The molecule has 160 valence electrons. The van der Waals surface area contributed by atoms with Crippen LogP contribution in [0.5, 0.6) is 0 Å². The molecule has 0 aliphatic carbocycles. The van der Waals surface area contributed by atoms with Gasteiger partial charge in [-0.3, -0.25) is 4.79 Å². The SMILES string of the molecule is COC(C(=O)NC(C=CC=C(C)C)Cc1ccccc1)(c1ccccc1)C(F)(F)F. The van der Waals surface area contributed by atoms with E-state index in [2.05, 4.69) is 5.32 Å². The number of hydrogen-bond acceptors (Lipinski definition) is 2. The van der Waals surface area contributed by atoms with Gasteiger partial charge in [-0.1, -0.05) is 84.5 Å². The summed E-state index contributed by atoms with van der Waals surface area (Å²) in [7, 11) is 0.894. The zero-order valence-corrected chi connectivity index (χ0v) is 17.2. The van der Waals surface area contributed by atoms with Crippen molar-refractivity contribution in [3.8, 4) is 0 Å². The second-order valence-corrected chi connectivity index (χ2v) is 7.15. The lowest BCUT2D eigenvalue weighted by molar-refractivity contribution is -0.266. The molecule has 3 nitrogen and oxygen atoms in total. The molecule has 6 heteroatoms. The van der Waals surface area contributed by atoms with Gasteiger partial charge in [-0.15, -0.1) is 0 Å². The molecule has 0 aliphatic rings. The molecule has 2 aromatic rings. The first kappa shape index (κ1) is 23.4. The predicted molar refractivity (Wildman–Crippen MR) is 112 cm³/mol. The third kappa shape index (κ3) is 5.60. The van der Waals surface area contributed by atoms with E-state index in [9.17, 15) is 18.0 Å². The second kappa shape index (κ2) is 10.3. The first-order valence-corrected chi connectivity index (χ1v) is 9.54. The standard InChI is InChI=1S/C24H26F3NO2/c1-18(2)11-10-16-21(17-19-12-6-4-7-13-19)28-22(29)23(30-3,24(25,26)27)20-14-8-5-9-15-20/h4-16,21H,17H2,1-3H3,(H,28,29). The van der Waals surface area contributed by atoms with E-state index in [1.54, 1.807) is 18.2 Å². The highest BCUT2D eigenvalue weighted by Crippen LogP contribution is 2.42. The normalized spacial score (nSPS) is 14.7. The maximum absolute atomic E-state index is 14.1. The average molecular weight is 417 g/mol. The van der Waals surface area contributed by atoms with Crippen molar-refractivity contribution in [2.45, 2.75) is 38.1 Å². The zero-order chi connectivity index (χ0) is 22.2. The van der Waals surface area contributed by atoms with Crippen LogP contribution in [0, 0.1) is 0 Å². The van der Waals surface area contributed by atoms with Gasteiger partial charge in [0.25, 0.3) is 11.5 Å². The Balaban J connectivity index is 2.41. The molecule has 30 heavy (non-hydrogen) atoms. The first-order chi connectivity index (χ1) is 14.2. The molecular formula is C24H26F3NO2. The topological polar surface area (TPSA) is 38.3 Å². The van der Waals surface area contributed by atoms with Crippen molar-refractivity contribution in [1.82, 2.24) is 5.32 Å². The van der Waals surface area contributed by atoms with Crippen LogP contribution in [0.4, 0.5) is 13.2 Å². The van der Waals surface area contributed by atoms with Gasteiger partial charge in [-0.05, 0) is 25.8 Å². The maximum Gasteiger partial charge on any atom is 0.430 e. The molecule has 0 radical (unpaired) electrons. The fourth-order valence-electron chi connectivity index (χ4n) is 3.11. The minimum absolute atomic E-state index is 0.274. The Morgan fingerprint density at radius 1 is 1.03 bits per heavy atom. The highest BCUT2D eigenvalue weighted by atomic mass is 19.4. The third-order valence-electron chi connectivity index (χ3n) is 4.59. The van der Waals surface area contributed by atoms with Crippen LogP contribution in [0.15, 0.2) is 84.5 Å². The van der Waals surface area contributed by atoms with E-state index in [1.807, 2.05) is 50.3 Å². The van der Waals surface area contributed by atoms with Crippen LogP contribution in [-0.4, -0.2) is 25.2 Å². The van der Waals surface area contributed by atoms with Crippen molar-refractivity contribution in [1.29, 1.82) is 0 Å². The number of carbonyl (C=O) groups is 1. The number of hydrogen-bond donors (Lipinski definition) is 1. The largest absolute Gasteiger partial charge is 0.430 e. The molecule has 0 bridgehead atoms. The Hall–Kier alpha value is -2.86. The third-order valence-corrected chi connectivity index (χ3v) is 4.59. The molecule has 0 saturated carbocycles. The Kier molecular flexibility index (Phi) is 8.00. The summed E-state index contributed by atoms with van der Waals surface area (Å²) in [4.78, 5) is 13.0. The summed E-state index contributed by atoms with van der Waals surface area (Å²) >= 11 is 0. The predicted octanol–water partition coefficient (Wildman–Crippen LogP) is 5.34. The van der Waals surface area contributed by atoms with Crippen molar-refractivity contribution in [2.24, 2.45) is 0 Å². The van der Waals surface area contributed by atoms with E-state index in [1.165, 1.54) is 24.3 Å². The highest BCUT2D eigenvalue weighted by Gasteiger charge is 2.62. The van der Waals surface area contributed by atoms with Gasteiger partial charge >= 0.3 is 6.18 Å². The number of benzene rings is 2.